The highest BCUT2D eigenvalue weighted by molar-refractivity contribution is 7.89. The third-order valence-corrected chi connectivity index (χ3v) is 8.07. The Morgan fingerprint density at radius 1 is 1.13 bits per heavy atom. The molecule has 1 unspecified atom stereocenters. The van der Waals surface area contributed by atoms with Gasteiger partial charge in [-0.3, -0.25) is 9.59 Å². The Labute approximate surface area is 185 Å². The molecule has 1 aromatic rings. The predicted molar refractivity (Wildman–Crippen MR) is 117 cm³/mol. The highest BCUT2D eigenvalue weighted by Gasteiger charge is 2.31. The van der Waals surface area contributed by atoms with Crippen LogP contribution < -0.4 is 0 Å². The van der Waals surface area contributed by atoms with Gasteiger partial charge in [0.05, 0.1) is 11.0 Å². The van der Waals surface area contributed by atoms with Crippen LogP contribution in [0, 0.1) is 13.8 Å². The van der Waals surface area contributed by atoms with Gasteiger partial charge in [-0.1, -0.05) is 12.1 Å². The summed E-state index contributed by atoms with van der Waals surface area (Å²) in [5, 5.41) is 0. The zero-order valence-electron chi connectivity index (χ0n) is 18.7. The summed E-state index contributed by atoms with van der Waals surface area (Å²) in [6.45, 7) is 6.15. The van der Waals surface area contributed by atoms with Crippen molar-refractivity contribution in [3.8, 4) is 0 Å². The van der Waals surface area contributed by atoms with Crippen LogP contribution in [0.15, 0.2) is 23.1 Å². The van der Waals surface area contributed by atoms with Gasteiger partial charge in [0.2, 0.25) is 21.8 Å². The fraction of sp³-hybridized carbons (Fsp3) is 0.636. The Balaban J connectivity index is 1.48. The van der Waals surface area contributed by atoms with Crippen LogP contribution in [-0.4, -0.2) is 86.8 Å². The van der Waals surface area contributed by atoms with Crippen LogP contribution in [0.3, 0.4) is 0 Å². The van der Waals surface area contributed by atoms with Gasteiger partial charge < -0.3 is 14.5 Å². The standard InChI is InChI=1S/C22H33N3O5S/c1-17-6-7-18(2)20(15-17)31(28,29)25-12-10-24(11-13-25)22(27)9-8-21(26)23(3)16-19-5-4-14-30-19/h6-7,15,19H,4-5,8-14,16H2,1-3H3. The van der Waals surface area contributed by atoms with Gasteiger partial charge in [0, 0.05) is 59.2 Å². The number of piperazine rings is 1. The topological polar surface area (TPSA) is 87.2 Å². The van der Waals surface area contributed by atoms with Crippen molar-refractivity contribution in [3.05, 3.63) is 29.3 Å². The molecule has 2 aliphatic heterocycles. The van der Waals surface area contributed by atoms with E-state index in [0.29, 0.717) is 24.5 Å². The van der Waals surface area contributed by atoms with E-state index >= 15 is 0 Å². The molecule has 0 saturated carbocycles. The Morgan fingerprint density at radius 3 is 2.48 bits per heavy atom. The molecule has 2 aliphatic rings. The first-order valence-electron chi connectivity index (χ1n) is 10.9. The lowest BCUT2D eigenvalue weighted by Crippen LogP contribution is -2.50. The summed E-state index contributed by atoms with van der Waals surface area (Å²) >= 11 is 0. The molecule has 2 saturated heterocycles. The maximum absolute atomic E-state index is 13.0. The molecular formula is C22H33N3O5S. The molecule has 31 heavy (non-hydrogen) atoms. The van der Waals surface area contributed by atoms with Crippen LogP contribution >= 0.6 is 0 Å². The second kappa shape index (κ2) is 10.1. The van der Waals surface area contributed by atoms with E-state index in [-0.39, 0.29) is 43.8 Å². The summed E-state index contributed by atoms with van der Waals surface area (Å²) in [6, 6.07) is 5.40. The molecule has 9 heteroatoms. The van der Waals surface area contributed by atoms with Crippen LogP contribution in [0.4, 0.5) is 0 Å². The van der Waals surface area contributed by atoms with E-state index in [9.17, 15) is 18.0 Å². The minimum Gasteiger partial charge on any atom is -0.376 e. The highest BCUT2D eigenvalue weighted by Crippen LogP contribution is 2.22. The first-order valence-corrected chi connectivity index (χ1v) is 12.3. The molecule has 0 aliphatic carbocycles. The van der Waals surface area contributed by atoms with Gasteiger partial charge in [-0.25, -0.2) is 8.42 Å². The molecule has 2 heterocycles. The molecule has 0 radical (unpaired) electrons. The third kappa shape index (κ3) is 5.84. The quantitative estimate of drug-likeness (QED) is 0.628. The monoisotopic (exact) mass is 451 g/mol. The van der Waals surface area contributed by atoms with E-state index in [4.69, 9.17) is 4.74 Å². The molecule has 1 atom stereocenters. The number of aryl methyl sites for hydroxylation is 2. The number of nitrogens with zero attached hydrogens (tertiary/aromatic N) is 3. The van der Waals surface area contributed by atoms with E-state index in [0.717, 1.165) is 30.6 Å². The van der Waals surface area contributed by atoms with Gasteiger partial charge in [0.25, 0.3) is 0 Å². The molecule has 3 rings (SSSR count). The van der Waals surface area contributed by atoms with Gasteiger partial charge in [0.1, 0.15) is 0 Å². The number of hydrogen-bond acceptors (Lipinski definition) is 5. The second-order valence-corrected chi connectivity index (χ2v) is 10.4. The molecule has 1 aromatic carbocycles. The summed E-state index contributed by atoms with van der Waals surface area (Å²) in [6.07, 6.45) is 2.38. The van der Waals surface area contributed by atoms with E-state index in [1.54, 1.807) is 29.8 Å². The van der Waals surface area contributed by atoms with Crippen LogP contribution in [0.1, 0.15) is 36.8 Å². The molecule has 0 bridgehead atoms. The van der Waals surface area contributed by atoms with Crippen molar-refractivity contribution in [1.82, 2.24) is 14.1 Å². The van der Waals surface area contributed by atoms with Gasteiger partial charge in [-0.15, -0.1) is 0 Å². The number of rotatable bonds is 7. The summed E-state index contributed by atoms with van der Waals surface area (Å²) in [5.41, 5.74) is 1.61. The van der Waals surface area contributed by atoms with Crippen molar-refractivity contribution >= 4 is 21.8 Å². The number of amides is 2. The Hall–Kier alpha value is -1.97. The number of hydrogen-bond donors (Lipinski definition) is 0. The fourth-order valence-corrected chi connectivity index (χ4v) is 5.79. The highest BCUT2D eigenvalue weighted by atomic mass is 32.2. The lowest BCUT2D eigenvalue weighted by Gasteiger charge is -2.34. The van der Waals surface area contributed by atoms with Crippen LogP contribution in [0.5, 0.6) is 0 Å². The predicted octanol–water partition coefficient (Wildman–Crippen LogP) is 1.55. The minimum atomic E-state index is -3.59. The van der Waals surface area contributed by atoms with E-state index < -0.39 is 10.0 Å². The zero-order chi connectivity index (χ0) is 22.6. The van der Waals surface area contributed by atoms with Crippen molar-refractivity contribution in [2.45, 2.75) is 50.5 Å². The van der Waals surface area contributed by atoms with Crippen LogP contribution in [0.2, 0.25) is 0 Å². The minimum absolute atomic E-state index is 0.0695. The average Bonchev–Trinajstić information content (AvgIpc) is 3.26. The summed E-state index contributed by atoms with van der Waals surface area (Å²) in [5.74, 6) is -0.178. The first kappa shape index (κ1) is 23.7. The van der Waals surface area contributed by atoms with Crippen molar-refractivity contribution in [1.29, 1.82) is 0 Å². The number of ether oxygens (including phenoxy) is 1. The van der Waals surface area contributed by atoms with Crippen molar-refractivity contribution < 1.29 is 22.7 Å². The molecule has 8 nitrogen and oxygen atoms in total. The Bertz CT molecular complexity index is 904. The van der Waals surface area contributed by atoms with Crippen LogP contribution in [-0.2, 0) is 24.3 Å². The molecule has 172 valence electrons. The van der Waals surface area contributed by atoms with Crippen molar-refractivity contribution in [2.24, 2.45) is 0 Å². The number of carbonyl (C=O) groups is 2. The Morgan fingerprint density at radius 2 is 1.84 bits per heavy atom. The number of sulfonamides is 1. The first-order chi connectivity index (χ1) is 14.7. The smallest absolute Gasteiger partial charge is 0.243 e. The average molecular weight is 452 g/mol. The summed E-state index contributed by atoms with van der Waals surface area (Å²) in [7, 11) is -1.85. The van der Waals surface area contributed by atoms with Crippen molar-refractivity contribution in [2.75, 3.05) is 46.4 Å². The van der Waals surface area contributed by atoms with E-state index in [1.807, 2.05) is 19.1 Å². The molecule has 2 fully saturated rings. The van der Waals surface area contributed by atoms with Gasteiger partial charge >= 0.3 is 0 Å². The molecule has 0 aromatic heterocycles. The molecular weight excluding hydrogens is 418 g/mol. The maximum atomic E-state index is 13.0. The maximum Gasteiger partial charge on any atom is 0.243 e. The lowest BCUT2D eigenvalue weighted by atomic mass is 10.2. The van der Waals surface area contributed by atoms with Gasteiger partial charge in [-0.05, 0) is 43.9 Å². The normalized spacial score (nSPS) is 20.1. The van der Waals surface area contributed by atoms with E-state index in [2.05, 4.69) is 0 Å². The van der Waals surface area contributed by atoms with Gasteiger partial charge in [-0.2, -0.15) is 4.31 Å². The van der Waals surface area contributed by atoms with E-state index in [1.165, 1.54) is 4.31 Å². The second-order valence-electron chi connectivity index (χ2n) is 8.46. The third-order valence-electron chi connectivity index (χ3n) is 6.03. The summed E-state index contributed by atoms with van der Waals surface area (Å²) in [4.78, 5) is 28.5. The summed E-state index contributed by atoms with van der Waals surface area (Å²) < 4.78 is 33.1. The van der Waals surface area contributed by atoms with Gasteiger partial charge in [0.15, 0.2) is 0 Å². The molecule has 0 N–H and O–H groups in total. The lowest BCUT2D eigenvalue weighted by molar-refractivity contribution is -0.137. The zero-order valence-corrected chi connectivity index (χ0v) is 19.5. The van der Waals surface area contributed by atoms with Crippen LogP contribution in [0.25, 0.3) is 0 Å². The van der Waals surface area contributed by atoms with Crippen molar-refractivity contribution in [3.63, 3.8) is 0 Å². The Kier molecular flexibility index (Phi) is 7.72. The SMILES string of the molecule is Cc1ccc(C)c(S(=O)(=O)N2CCN(C(=O)CCC(=O)N(C)CC3CCCO3)CC2)c1. The number of benzene rings is 1. The molecule has 2 amide bonds. The fourth-order valence-electron chi connectivity index (χ4n) is 4.06. The number of likely N-dealkylation sites (N-methyl/N-ethyl adjacent to an activating group) is 1. The number of carbonyl (C=O) groups excluding carboxylic acids is 2. The largest absolute Gasteiger partial charge is 0.376 e. The molecule has 0 spiro atoms.